The van der Waals surface area contributed by atoms with Crippen LogP contribution in [-0.2, 0) is 0 Å². The van der Waals surface area contributed by atoms with E-state index in [9.17, 15) is 4.39 Å². The van der Waals surface area contributed by atoms with Crippen LogP contribution in [-0.4, -0.2) is 12.9 Å². The molecule has 0 aliphatic rings. The molecule has 1 atom stereocenters. The number of methoxy groups -OCH3 is 1. The van der Waals surface area contributed by atoms with Crippen LogP contribution in [0.25, 0.3) is 0 Å². The van der Waals surface area contributed by atoms with Crippen LogP contribution in [0.3, 0.4) is 0 Å². The summed E-state index contributed by atoms with van der Waals surface area (Å²) in [6, 6.07) is 14.2. The second-order valence-corrected chi connectivity index (χ2v) is 5.15. The van der Waals surface area contributed by atoms with Gasteiger partial charge >= 0.3 is 0 Å². The molecule has 2 aromatic rings. The van der Waals surface area contributed by atoms with E-state index in [0.717, 1.165) is 11.3 Å². The van der Waals surface area contributed by atoms with Crippen molar-refractivity contribution < 1.29 is 9.13 Å². The average Bonchev–Trinajstić information content (AvgIpc) is 2.46. The molecule has 0 aromatic heterocycles. The van der Waals surface area contributed by atoms with E-state index in [1.807, 2.05) is 30.3 Å². The van der Waals surface area contributed by atoms with E-state index in [-0.39, 0.29) is 11.9 Å². The molecule has 4 heteroatoms. The molecule has 2 aromatic carbocycles. The fraction of sp³-hybridized carbons (Fsp3) is 0.200. The van der Waals surface area contributed by atoms with Crippen molar-refractivity contribution >= 4 is 11.8 Å². The molecule has 0 amide bonds. The number of halogens is 1. The van der Waals surface area contributed by atoms with Crippen molar-refractivity contribution in [1.82, 2.24) is 0 Å². The highest BCUT2D eigenvalue weighted by Gasteiger charge is 2.12. The van der Waals surface area contributed by atoms with Gasteiger partial charge in [0, 0.05) is 22.3 Å². The van der Waals surface area contributed by atoms with Crippen LogP contribution in [0.15, 0.2) is 53.4 Å². The molecule has 2 nitrogen and oxygen atoms in total. The van der Waals surface area contributed by atoms with Crippen molar-refractivity contribution in [3.63, 3.8) is 0 Å². The summed E-state index contributed by atoms with van der Waals surface area (Å²) in [5, 5.41) is 0. The lowest BCUT2D eigenvalue weighted by Crippen LogP contribution is -2.14. The Balaban J connectivity index is 2.05. The molecule has 0 aliphatic heterocycles. The first-order valence-electron chi connectivity index (χ1n) is 5.98. The first-order chi connectivity index (χ1) is 9.22. The Morgan fingerprint density at radius 3 is 2.58 bits per heavy atom. The zero-order valence-corrected chi connectivity index (χ0v) is 11.5. The summed E-state index contributed by atoms with van der Waals surface area (Å²) in [5.74, 6) is 1.16. The van der Waals surface area contributed by atoms with E-state index in [1.165, 1.54) is 17.8 Å². The predicted octanol–water partition coefficient (Wildman–Crippen LogP) is 3.63. The minimum Gasteiger partial charge on any atom is -0.496 e. The molecule has 2 N–H and O–H groups in total. The molecule has 0 radical (unpaired) electrons. The number of benzene rings is 2. The van der Waals surface area contributed by atoms with Crippen molar-refractivity contribution in [3.8, 4) is 5.75 Å². The van der Waals surface area contributed by atoms with Gasteiger partial charge < -0.3 is 10.5 Å². The van der Waals surface area contributed by atoms with Gasteiger partial charge in [-0.15, -0.1) is 11.8 Å². The molecule has 0 saturated heterocycles. The third-order valence-corrected chi connectivity index (χ3v) is 3.96. The van der Waals surface area contributed by atoms with Crippen LogP contribution in [0.1, 0.15) is 11.6 Å². The fourth-order valence-electron chi connectivity index (χ4n) is 1.80. The number of rotatable bonds is 5. The lowest BCUT2D eigenvalue weighted by atomic mass is 10.1. The summed E-state index contributed by atoms with van der Waals surface area (Å²) in [5.41, 5.74) is 7.08. The quantitative estimate of drug-likeness (QED) is 0.848. The van der Waals surface area contributed by atoms with Gasteiger partial charge in [-0.05, 0) is 18.2 Å². The smallest absolute Gasteiger partial charge is 0.136 e. The highest BCUT2D eigenvalue weighted by Crippen LogP contribution is 2.29. The van der Waals surface area contributed by atoms with Gasteiger partial charge in [0.05, 0.1) is 7.11 Å². The number of nitrogens with two attached hydrogens (primary N) is 1. The lowest BCUT2D eigenvalue weighted by Gasteiger charge is -2.15. The van der Waals surface area contributed by atoms with Gasteiger partial charge in [-0.3, -0.25) is 0 Å². The highest BCUT2D eigenvalue weighted by molar-refractivity contribution is 7.99. The van der Waals surface area contributed by atoms with Crippen LogP contribution in [0, 0.1) is 5.82 Å². The fourth-order valence-corrected chi connectivity index (χ4v) is 2.72. The maximum atomic E-state index is 13.5. The summed E-state index contributed by atoms with van der Waals surface area (Å²) < 4.78 is 18.8. The van der Waals surface area contributed by atoms with E-state index in [1.54, 1.807) is 19.2 Å². The topological polar surface area (TPSA) is 35.2 Å². The minimum absolute atomic E-state index is 0.194. The molecule has 100 valence electrons. The van der Waals surface area contributed by atoms with Crippen molar-refractivity contribution in [2.75, 3.05) is 12.9 Å². The number of hydrogen-bond acceptors (Lipinski definition) is 3. The molecule has 2 rings (SSSR count). The van der Waals surface area contributed by atoms with E-state index in [2.05, 4.69) is 0 Å². The first-order valence-corrected chi connectivity index (χ1v) is 6.96. The maximum absolute atomic E-state index is 13.5. The van der Waals surface area contributed by atoms with Crippen molar-refractivity contribution in [2.45, 2.75) is 10.9 Å². The summed E-state index contributed by atoms with van der Waals surface area (Å²) in [4.78, 5) is 0.618. The van der Waals surface area contributed by atoms with Crippen molar-refractivity contribution in [2.24, 2.45) is 5.73 Å². The molecule has 0 aliphatic carbocycles. The molecular formula is C15H16FNOS. The Hall–Kier alpha value is -1.52. The van der Waals surface area contributed by atoms with E-state index >= 15 is 0 Å². The minimum atomic E-state index is -0.209. The summed E-state index contributed by atoms with van der Waals surface area (Å²) >= 11 is 1.41. The molecular weight excluding hydrogens is 261 g/mol. The van der Waals surface area contributed by atoms with E-state index in [4.69, 9.17) is 10.5 Å². The summed E-state index contributed by atoms with van der Waals surface area (Å²) in [6.45, 7) is 0. The summed E-state index contributed by atoms with van der Waals surface area (Å²) in [7, 11) is 1.62. The Morgan fingerprint density at radius 2 is 1.84 bits per heavy atom. The number of ether oxygens (including phenoxy) is 1. The molecule has 0 heterocycles. The van der Waals surface area contributed by atoms with Crippen LogP contribution in [0.5, 0.6) is 5.75 Å². The molecule has 19 heavy (non-hydrogen) atoms. The number of para-hydroxylation sites is 1. The van der Waals surface area contributed by atoms with Gasteiger partial charge in [0.1, 0.15) is 11.6 Å². The van der Waals surface area contributed by atoms with Crippen LogP contribution in [0.2, 0.25) is 0 Å². The second-order valence-electron chi connectivity index (χ2n) is 4.09. The SMILES string of the molecule is COc1ccccc1C(N)CSc1ccccc1F. The van der Waals surface area contributed by atoms with Crippen LogP contribution in [0.4, 0.5) is 4.39 Å². The van der Waals surface area contributed by atoms with Gasteiger partial charge in [0.25, 0.3) is 0 Å². The predicted molar refractivity (Wildman–Crippen MR) is 77.0 cm³/mol. The molecule has 0 bridgehead atoms. The second kappa shape index (κ2) is 6.59. The first kappa shape index (κ1) is 13.9. The molecule has 0 fully saturated rings. The maximum Gasteiger partial charge on any atom is 0.136 e. The third-order valence-electron chi connectivity index (χ3n) is 2.79. The van der Waals surface area contributed by atoms with Gasteiger partial charge in [-0.25, -0.2) is 4.39 Å². The zero-order chi connectivity index (χ0) is 13.7. The highest BCUT2D eigenvalue weighted by atomic mass is 32.2. The standard InChI is InChI=1S/C15H16FNOS/c1-18-14-8-4-2-6-11(14)13(17)10-19-15-9-5-3-7-12(15)16/h2-9,13H,10,17H2,1H3. The van der Waals surface area contributed by atoms with Crippen molar-refractivity contribution in [1.29, 1.82) is 0 Å². The van der Waals surface area contributed by atoms with E-state index < -0.39 is 0 Å². The Kier molecular flexibility index (Phi) is 4.82. The largest absolute Gasteiger partial charge is 0.496 e. The van der Waals surface area contributed by atoms with Gasteiger partial charge in [0.2, 0.25) is 0 Å². The number of thioether (sulfide) groups is 1. The van der Waals surface area contributed by atoms with Crippen LogP contribution >= 0.6 is 11.8 Å². The zero-order valence-electron chi connectivity index (χ0n) is 10.7. The third kappa shape index (κ3) is 3.49. The normalized spacial score (nSPS) is 12.2. The van der Waals surface area contributed by atoms with Gasteiger partial charge in [-0.1, -0.05) is 30.3 Å². The van der Waals surface area contributed by atoms with Crippen molar-refractivity contribution in [3.05, 3.63) is 59.9 Å². The lowest BCUT2D eigenvalue weighted by molar-refractivity contribution is 0.407. The Morgan fingerprint density at radius 1 is 1.16 bits per heavy atom. The molecule has 1 unspecified atom stereocenters. The Bertz CT molecular complexity index is 547. The Labute approximate surface area is 116 Å². The van der Waals surface area contributed by atoms with Gasteiger partial charge in [0.15, 0.2) is 0 Å². The molecule has 0 saturated carbocycles. The van der Waals surface area contributed by atoms with Gasteiger partial charge in [-0.2, -0.15) is 0 Å². The van der Waals surface area contributed by atoms with Crippen LogP contribution < -0.4 is 10.5 Å². The number of hydrogen-bond donors (Lipinski definition) is 1. The monoisotopic (exact) mass is 277 g/mol. The average molecular weight is 277 g/mol. The van der Waals surface area contributed by atoms with E-state index in [0.29, 0.717) is 10.6 Å². The molecule has 0 spiro atoms. The summed E-state index contributed by atoms with van der Waals surface area (Å²) in [6.07, 6.45) is 0.